The maximum absolute atomic E-state index is 4.84. The van der Waals surface area contributed by atoms with Crippen molar-refractivity contribution in [2.75, 3.05) is 11.9 Å². The summed E-state index contributed by atoms with van der Waals surface area (Å²) in [4.78, 5) is 12.4. The van der Waals surface area contributed by atoms with Gasteiger partial charge in [0.1, 0.15) is 16.5 Å². The fourth-order valence-corrected chi connectivity index (χ4v) is 4.69. The molecule has 3 rings (SSSR count). The number of rotatable bonds is 5. The third-order valence-corrected chi connectivity index (χ3v) is 6.03. The first-order valence-electron chi connectivity index (χ1n) is 7.85. The Kier molecular flexibility index (Phi) is 4.69. The molecule has 0 saturated carbocycles. The Labute approximate surface area is 135 Å². The Bertz CT molecular complexity index is 634. The van der Waals surface area contributed by atoms with Gasteiger partial charge in [-0.15, -0.1) is 11.3 Å². The highest BCUT2D eigenvalue weighted by Gasteiger charge is 2.20. The van der Waals surface area contributed by atoms with Crippen LogP contribution in [0.5, 0.6) is 0 Å². The molecule has 0 bridgehead atoms. The van der Waals surface area contributed by atoms with Gasteiger partial charge in [-0.25, -0.2) is 9.97 Å². The van der Waals surface area contributed by atoms with Crippen molar-refractivity contribution in [3.8, 4) is 0 Å². The number of nitrogens with one attached hydrogen (secondary N) is 1. The molecule has 0 aromatic carbocycles. The maximum Gasteiger partial charge on any atom is 0.142 e. The average molecular weight is 322 g/mol. The molecule has 0 unspecified atom stereocenters. The van der Waals surface area contributed by atoms with E-state index in [1.165, 1.54) is 41.5 Å². The van der Waals surface area contributed by atoms with Crippen LogP contribution in [-0.2, 0) is 18.6 Å². The molecule has 0 spiro atoms. The van der Waals surface area contributed by atoms with Crippen LogP contribution in [-0.4, -0.2) is 21.8 Å². The Hall–Kier alpha value is -0.810. The summed E-state index contributed by atoms with van der Waals surface area (Å²) in [5.41, 5.74) is 1.51. The molecule has 0 saturated heterocycles. The summed E-state index contributed by atoms with van der Waals surface area (Å²) < 4.78 is 0. The summed E-state index contributed by atoms with van der Waals surface area (Å²) in [5.74, 6) is 2.92. The van der Waals surface area contributed by atoms with Crippen LogP contribution in [0.2, 0.25) is 0 Å². The predicted octanol–water partition coefficient (Wildman–Crippen LogP) is 4.64. The van der Waals surface area contributed by atoms with Crippen molar-refractivity contribution in [2.45, 2.75) is 57.5 Å². The first kappa shape index (κ1) is 15.1. The second kappa shape index (κ2) is 6.53. The Balaban J connectivity index is 2.04. The molecule has 114 valence electrons. The van der Waals surface area contributed by atoms with Gasteiger partial charge in [-0.1, -0.05) is 13.8 Å². The quantitative estimate of drug-likeness (QED) is 0.870. The van der Waals surface area contributed by atoms with E-state index >= 15 is 0 Å². The van der Waals surface area contributed by atoms with Gasteiger partial charge in [-0.05, 0) is 43.4 Å². The SMILES string of the molecule is CCNc1nc(CSC(C)C)nc2sc3c(c12)CCCC3. The van der Waals surface area contributed by atoms with Crippen molar-refractivity contribution in [1.82, 2.24) is 9.97 Å². The summed E-state index contributed by atoms with van der Waals surface area (Å²) in [6.07, 6.45) is 5.03. The summed E-state index contributed by atoms with van der Waals surface area (Å²) >= 11 is 3.79. The number of hydrogen-bond donors (Lipinski definition) is 1. The molecule has 21 heavy (non-hydrogen) atoms. The fraction of sp³-hybridized carbons (Fsp3) is 0.625. The fourth-order valence-electron chi connectivity index (χ4n) is 2.80. The van der Waals surface area contributed by atoms with Crippen LogP contribution in [0.1, 0.15) is 49.9 Å². The number of thioether (sulfide) groups is 1. The third kappa shape index (κ3) is 3.19. The van der Waals surface area contributed by atoms with Crippen molar-refractivity contribution in [3.63, 3.8) is 0 Å². The van der Waals surface area contributed by atoms with Gasteiger partial charge in [0.2, 0.25) is 0 Å². The third-order valence-electron chi connectivity index (χ3n) is 3.75. The van der Waals surface area contributed by atoms with E-state index in [1.54, 1.807) is 4.88 Å². The molecule has 2 aromatic heterocycles. The Morgan fingerprint density at radius 2 is 2.05 bits per heavy atom. The summed E-state index contributed by atoms with van der Waals surface area (Å²) in [6, 6.07) is 0. The van der Waals surface area contributed by atoms with Gasteiger partial charge in [0.15, 0.2) is 0 Å². The van der Waals surface area contributed by atoms with Crippen molar-refractivity contribution in [1.29, 1.82) is 0 Å². The van der Waals surface area contributed by atoms with Gasteiger partial charge in [0.05, 0.1) is 11.1 Å². The van der Waals surface area contributed by atoms with E-state index in [0.29, 0.717) is 5.25 Å². The lowest BCUT2D eigenvalue weighted by Crippen LogP contribution is -2.06. The van der Waals surface area contributed by atoms with Crippen LogP contribution in [0, 0.1) is 0 Å². The van der Waals surface area contributed by atoms with Crippen molar-refractivity contribution >= 4 is 39.1 Å². The second-order valence-corrected chi connectivity index (χ2v) is 8.42. The number of nitrogens with zero attached hydrogens (tertiary/aromatic N) is 2. The normalized spacial score (nSPS) is 14.7. The summed E-state index contributed by atoms with van der Waals surface area (Å²) in [5, 5.41) is 5.38. The van der Waals surface area contributed by atoms with Crippen molar-refractivity contribution in [2.24, 2.45) is 0 Å². The van der Waals surface area contributed by atoms with Crippen molar-refractivity contribution in [3.05, 3.63) is 16.3 Å². The molecule has 5 heteroatoms. The molecule has 2 aromatic rings. The van der Waals surface area contributed by atoms with Crippen LogP contribution in [0.3, 0.4) is 0 Å². The van der Waals surface area contributed by atoms with Gasteiger partial charge >= 0.3 is 0 Å². The largest absolute Gasteiger partial charge is 0.370 e. The molecule has 0 fully saturated rings. The Morgan fingerprint density at radius 1 is 1.24 bits per heavy atom. The van der Waals surface area contributed by atoms with E-state index in [0.717, 1.165) is 23.9 Å². The van der Waals surface area contributed by atoms with Gasteiger partial charge in [-0.3, -0.25) is 0 Å². The highest BCUT2D eigenvalue weighted by Crippen LogP contribution is 2.38. The number of aromatic nitrogens is 2. The smallest absolute Gasteiger partial charge is 0.142 e. The molecule has 1 aliphatic rings. The molecule has 0 radical (unpaired) electrons. The van der Waals surface area contributed by atoms with E-state index in [9.17, 15) is 0 Å². The molecular formula is C16H23N3S2. The number of anilines is 1. The zero-order valence-electron chi connectivity index (χ0n) is 13.0. The zero-order chi connectivity index (χ0) is 14.8. The lowest BCUT2D eigenvalue weighted by atomic mass is 9.97. The molecule has 2 heterocycles. The predicted molar refractivity (Wildman–Crippen MR) is 94.7 cm³/mol. The number of fused-ring (bicyclic) bond motifs is 3. The average Bonchev–Trinajstić information content (AvgIpc) is 2.84. The molecule has 0 amide bonds. The monoisotopic (exact) mass is 321 g/mol. The number of hydrogen-bond acceptors (Lipinski definition) is 5. The minimum atomic E-state index is 0.614. The zero-order valence-corrected chi connectivity index (χ0v) is 14.7. The van der Waals surface area contributed by atoms with E-state index in [4.69, 9.17) is 9.97 Å². The van der Waals surface area contributed by atoms with Crippen LogP contribution < -0.4 is 5.32 Å². The van der Waals surface area contributed by atoms with Crippen molar-refractivity contribution < 1.29 is 0 Å². The van der Waals surface area contributed by atoms with E-state index in [-0.39, 0.29) is 0 Å². The van der Waals surface area contributed by atoms with Crippen LogP contribution in [0.15, 0.2) is 0 Å². The Morgan fingerprint density at radius 3 is 2.81 bits per heavy atom. The minimum Gasteiger partial charge on any atom is -0.370 e. The molecule has 1 N–H and O–H groups in total. The van der Waals surface area contributed by atoms with Gasteiger partial charge < -0.3 is 5.32 Å². The van der Waals surface area contributed by atoms with Crippen LogP contribution in [0.25, 0.3) is 10.2 Å². The second-order valence-electron chi connectivity index (χ2n) is 5.77. The molecule has 1 aliphatic carbocycles. The van der Waals surface area contributed by atoms with Gasteiger partial charge in [0, 0.05) is 11.4 Å². The van der Waals surface area contributed by atoms with Gasteiger partial charge in [-0.2, -0.15) is 11.8 Å². The first-order chi connectivity index (χ1) is 10.2. The lowest BCUT2D eigenvalue weighted by molar-refractivity contribution is 0.700. The highest BCUT2D eigenvalue weighted by atomic mass is 32.2. The first-order valence-corrected chi connectivity index (χ1v) is 9.72. The number of aryl methyl sites for hydroxylation is 2. The standard InChI is InChI=1S/C16H23N3S2/c1-4-17-15-14-11-7-5-6-8-12(11)21-16(14)19-13(18-15)9-20-10(2)3/h10H,4-9H2,1-3H3,(H,17,18,19). The maximum atomic E-state index is 4.84. The summed E-state index contributed by atoms with van der Waals surface area (Å²) in [6.45, 7) is 7.49. The topological polar surface area (TPSA) is 37.8 Å². The van der Waals surface area contributed by atoms with Crippen LogP contribution >= 0.6 is 23.1 Å². The van der Waals surface area contributed by atoms with Gasteiger partial charge in [0.25, 0.3) is 0 Å². The number of thiophene rings is 1. The molecule has 0 atom stereocenters. The van der Waals surface area contributed by atoms with E-state index in [1.807, 2.05) is 23.1 Å². The molecular weight excluding hydrogens is 298 g/mol. The van der Waals surface area contributed by atoms with E-state index < -0.39 is 0 Å². The molecule has 3 nitrogen and oxygen atoms in total. The summed E-state index contributed by atoms with van der Waals surface area (Å²) in [7, 11) is 0. The molecule has 0 aliphatic heterocycles. The van der Waals surface area contributed by atoms with E-state index in [2.05, 4.69) is 26.1 Å². The van der Waals surface area contributed by atoms with Crippen LogP contribution in [0.4, 0.5) is 5.82 Å². The minimum absolute atomic E-state index is 0.614. The lowest BCUT2D eigenvalue weighted by Gasteiger charge is -2.13. The highest BCUT2D eigenvalue weighted by molar-refractivity contribution is 7.99.